The summed E-state index contributed by atoms with van der Waals surface area (Å²) in [6.45, 7) is 4.25. The summed E-state index contributed by atoms with van der Waals surface area (Å²) in [6.07, 6.45) is 1.82. The maximum absolute atomic E-state index is 12.9. The van der Waals surface area contributed by atoms with E-state index in [2.05, 4.69) is 13.8 Å². The molecule has 0 amide bonds. The zero-order valence-electron chi connectivity index (χ0n) is 8.83. The van der Waals surface area contributed by atoms with Crippen LogP contribution in [0.5, 0.6) is 0 Å². The van der Waals surface area contributed by atoms with Gasteiger partial charge in [0.05, 0.1) is 0 Å². The van der Waals surface area contributed by atoms with Crippen molar-refractivity contribution in [1.29, 1.82) is 0 Å². The molecular weight excluding hydrogens is 177 g/mol. The zero-order chi connectivity index (χ0) is 10.6. The Morgan fingerprint density at radius 2 is 2.14 bits per heavy atom. The largest absolute Gasteiger partial charge is 0.327 e. The van der Waals surface area contributed by atoms with Crippen LogP contribution in [0.4, 0.5) is 4.39 Å². The van der Waals surface area contributed by atoms with E-state index in [-0.39, 0.29) is 11.9 Å². The minimum absolute atomic E-state index is 0.127. The molecular formula is C12H18FN. The summed E-state index contributed by atoms with van der Waals surface area (Å²) in [5.41, 5.74) is 6.97. The molecule has 0 aliphatic rings. The van der Waals surface area contributed by atoms with Gasteiger partial charge in [-0.1, -0.05) is 32.4 Å². The third kappa shape index (κ3) is 3.11. The standard InChI is InChI=1S/C12H18FN/c1-3-9(2)12(14)8-10-5-4-6-11(13)7-10/h4-7,9,12H,3,8,14H2,1-2H3. The molecule has 1 rings (SSSR count). The van der Waals surface area contributed by atoms with E-state index in [0.29, 0.717) is 5.92 Å². The van der Waals surface area contributed by atoms with Crippen LogP contribution in [-0.4, -0.2) is 6.04 Å². The van der Waals surface area contributed by atoms with Crippen molar-refractivity contribution >= 4 is 0 Å². The quantitative estimate of drug-likeness (QED) is 0.785. The molecule has 2 atom stereocenters. The lowest BCUT2D eigenvalue weighted by atomic mass is 9.94. The molecule has 0 spiro atoms. The molecule has 2 unspecified atom stereocenters. The summed E-state index contributed by atoms with van der Waals surface area (Å²) in [6, 6.07) is 6.79. The number of rotatable bonds is 4. The molecule has 14 heavy (non-hydrogen) atoms. The van der Waals surface area contributed by atoms with E-state index in [4.69, 9.17) is 5.73 Å². The second-order valence-corrected chi connectivity index (χ2v) is 3.88. The fraction of sp³-hybridized carbons (Fsp3) is 0.500. The molecule has 0 radical (unpaired) electrons. The molecule has 78 valence electrons. The number of halogens is 1. The number of hydrogen-bond donors (Lipinski definition) is 1. The molecule has 0 aromatic heterocycles. The van der Waals surface area contributed by atoms with Crippen molar-refractivity contribution in [2.24, 2.45) is 11.7 Å². The number of hydrogen-bond acceptors (Lipinski definition) is 1. The van der Waals surface area contributed by atoms with E-state index >= 15 is 0 Å². The molecule has 1 aromatic carbocycles. The summed E-state index contributed by atoms with van der Waals surface area (Å²) in [7, 11) is 0. The van der Waals surface area contributed by atoms with Crippen molar-refractivity contribution in [3.05, 3.63) is 35.6 Å². The first-order valence-electron chi connectivity index (χ1n) is 5.13. The minimum atomic E-state index is -0.182. The van der Waals surface area contributed by atoms with E-state index < -0.39 is 0 Å². The van der Waals surface area contributed by atoms with Gasteiger partial charge in [0.15, 0.2) is 0 Å². The van der Waals surface area contributed by atoms with Crippen molar-refractivity contribution in [3.8, 4) is 0 Å². The monoisotopic (exact) mass is 195 g/mol. The fourth-order valence-electron chi connectivity index (χ4n) is 1.44. The SMILES string of the molecule is CCC(C)C(N)Cc1cccc(F)c1. The van der Waals surface area contributed by atoms with Gasteiger partial charge in [-0.15, -0.1) is 0 Å². The van der Waals surface area contributed by atoms with Gasteiger partial charge in [0.25, 0.3) is 0 Å². The lowest BCUT2D eigenvalue weighted by Gasteiger charge is -2.18. The minimum Gasteiger partial charge on any atom is -0.327 e. The van der Waals surface area contributed by atoms with Crippen molar-refractivity contribution in [2.45, 2.75) is 32.7 Å². The van der Waals surface area contributed by atoms with Gasteiger partial charge in [-0.2, -0.15) is 0 Å². The third-order valence-electron chi connectivity index (χ3n) is 2.74. The van der Waals surface area contributed by atoms with Crippen LogP contribution < -0.4 is 5.73 Å². The predicted octanol–water partition coefficient (Wildman–Crippen LogP) is 2.74. The van der Waals surface area contributed by atoms with E-state index in [1.54, 1.807) is 12.1 Å². The molecule has 1 aromatic rings. The molecule has 0 fully saturated rings. The van der Waals surface area contributed by atoms with Gasteiger partial charge in [-0.3, -0.25) is 0 Å². The molecule has 0 heterocycles. The van der Waals surface area contributed by atoms with Crippen LogP contribution >= 0.6 is 0 Å². The van der Waals surface area contributed by atoms with Gasteiger partial charge >= 0.3 is 0 Å². The van der Waals surface area contributed by atoms with Crippen LogP contribution in [-0.2, 0) is 6.42 Å². The molecule has 0 aliphatic heterocycles. The molecule has 2 heteroatoms. The smallest absolute Gasteiger partial charge is 0.123 e. The number of benzene rings is 1. The Morgan fingerprint density at radius 1 is 1.43 bits per heavy atom. The Balaban J connectivity index is 2.60. The van der Waals surface area contributed by atoms with Crippen LogP contribution in [0.1, 0.15) is 25.8 Å². The van der Waals surface area contributed by atoms with Crippen molar-refractivity contribution < 1.29 is 4.39 Å². The zero-order valence-corrected chi connectivity index (χ0v) is 8.83. The summed E-state index contributed by atoms with van der Waals surface area (Å²) in [4.78, 5) is 0. The van der Waals surface area contributed by atoms with Crippen molar-refractivity contribution in [3.63, 3.8) is 0 Å². The summed E-state index contributed by atoms with van der Waals surface area (Å²) >= 11 is 0. The predicted molar refractivity (Wildman–Crippen MR) is 57.5 cm³/mol. The normalized spacial score (nSPS) is 15.1. The lowest BCUT2D eigenvalue weighted by Crippen LogP contribution is -2.30. The van der Waals surface area contributed by atoms with Gasteiger partial charge in [0.2, 0.25) is 0 Å². The maximum atomic E-state index is 12.9. The first-order valence-corrected chi connectivity index (χ1v) is 5.13. The Labute approximate surface area is 85.1 Å². The van der Waals surface area contributed by atoms with Crippen LogP contribution in [0.15, 0.2) is 24.3 Å². The highest BCUT2D eigenvalue weighted by Gasteiger charge is 2.11. The second kappa shape index (κ2) is 5.11. The lowest BCUT2D eigenvalue weighted by molar-refractivity contribution is 0.439. The molecule has 1 nitrogen and oxygen atoms in total. The number of nitrogens with two attached hydrogens (primary N) is 1. The summed E-state index contributed by atoms with van der Waals surface area (Å²) in [5.74, 6) is 0.303. The van der Waals surface area contributed by atoms with E-state index in [9.17, 15) is 4.39 Å². The maximum Gasteiger partial charge on any atom is 0.123 e. The molecule has 0 aliphatic carbocycles. The Hall–Kier alpha value is -0.890. The highest BCUT2D eigenvalue weighted by molar-refractivity contribution is 5.17. The third-order valence-corrected chi connectivity index (χ3v) is 2.74. The fourth-order valence-corrected chi connectivity index (χ4v) is 1.44. The highest BCUT2D eigenvalue weighted by atomic mass is 19.1. The average molecular weight is 195 g/mol. The van der Waals surface area contributed by atoms with Crippen LogP contribution in [0, 0.1) is 11.7 Å². The Morgan fingerprint density at radius 3 is 2.71 bits per heavy atom. The second-order valence-electron chi connectivity index (χ2n) is 3.88. The molecule has 2 N–H and O–H groups in total. The summed E-state index contributed by atoms with van der Waals surface area (Å²) < 4.78 is 12.9. The Kier molecular flexibility index (Phi) is 4.08. The Bertz CT molecular complexity index is 285. The van der Waals surface area contributed by atoms with Gasteiger partial charge in [0, 0.05) is 6.04 Å². The van der Waals surface area contributed by atoms with E-state index in [0.717, 1.165) is 18.4 Å². The first-order chi connectivity index (χ1) is 6.63. The van der Waals surface area contributed by atoms with E-state index in [1.807, 2.05) is 6.07 Å². The first kappa shape index (κ1) is 11.2. The van der Waals surface area contributed by atoms with Gasteiger partial charge in [0.1, 0.15) is 5.82 Å². The van der Waals surface area contributed by atoms with Crippen molar-refractivity contribution in [1.82, 2.24) is 0 Å². The average Bonchev–Trinajstić information content (AvgIpc) is 2.16. The van der Waals surface area contributed by atoms with Gasteiger partial charge < -0.3 is 5.73 Å². The summed E-state index contributed by atoms with van der Waals surface area (Å²) in [5, 5.41) is 0. The van der Waals surface area contributed by atoms with E-state index in [1.165, 1.54) is 6.07 Å². The van der Waals surface area contributed by atoms with Crippen molar-refractivity contribution in [2.75, 3.05) is 0 Å². The molecule has 0 saturated heterocycles. The topological polar surface area (TPSA) is 26.0 Å². The van der Waals surface area contributed by atoms with Gasteiger partial charge in [-0.25, -0.2) is 4.39 Å². The van der Waals surface area contributed by atoms with Crippen LogP contribution in [0.2, 0.25) is 0 Å². The highest BCUT2D eigenvalue weighted by Crippen LogP contribution is 2.12. The van der Waals surface area contributed by atoms with Crippen LogP contribution in [0.25, 0.3) is 0 Å². The van der Waals surface area contributed by atoms with Crippen LogP contribution in [0.3, 0.4) is 0 Å². The molecule has 0 saturated carbocycles. The molecule has 0 bridgehead atoms. The van der Waals surface area contributed by atoms with Gasteiger partial charge in [-0.05, 0) is 30.0 Å².